The van der Waals surface area contributed by atoms with E-state index in [-0.39, 0.29) is 16.6 Å². The molecule has 0 aliphatic heterocycles. The summed E-state index contributed by atoms with van der Waals surface area (Å²) in [5.74, 6) is -0.235. The molecule has 5 N–H and O–H groups in total. The van der Waals surface area contributed by atoms with Crippen LogP contribution in [0.15, 0.2) is 23.1 Å². The van der Waals surface area contributed by atoms with Gasteiger partial charge in [0.1, 0.15) is 5.82 Å². The van der Waals surface area contributed by atoms with Gasteiger partial charge in [-0.3, -0.25) is 0 Å². The first-order valence-corrected chi connectivity index (χ1v) is 7.57. The highest BCUT2D eigenvalue weighted by Crippen LogP contribution is 2.20. The molecule has 0 saturated heterocycles. The molecule has 0 heterocycles. The Hall–Kier alpha value is -1.18. The van der Waals surface area contributed by atoms with Crippen LogP contribution in [0.2, 0.25) is 0 Å². The van der Waals surface area contributed by atoms with Gasteiger partial charge in [-0.2, -0.15) is 0 Å². The number of primary sulfonamides is 1. The Kier molecular flexibility index (Phi) is 5.28. The van der Waals surface area contributed by atoms with Crippen LogP contribution in [0.1, 0.15) is 20.3 Å². The molecular formula is C12H20FN3O2S. The Morgan fingerprint density at radius 2 is 2.00 bits per heavy atom. The van der Waals surface area contributed by atoms with Crippen molar-refractivity contribution in [2.75, 3.05) is 11.9 Å². The van der Waals surface area contributed by atoms with Crippen molar-refractivity contribution in [3.05, 3.63) is 24.0 Å². The molecule has 0 aliphatic rings. The maximum Gasteiger partial charge on any atom is 0.238 e. The standard InChI is InChI=1S/C12H20FN3O2S/c1-8(2)5-9(7-14)16-12-4-3-10(6-11(12)13)19(15,17)18/h3-4,6,8-9,16H,5,7,14H2,1-2H3,(H2,15,17,18). The normalized spacial score (nSPS) is 13.6. The number of benzene rings is 1. The highest BCUT2D eigenvalue weighted by Gasteiger charge is 2.14. The van der Waals surface area contributed by atoms with Gasteiger partial charge in [0.25, 0.3) is 0 Å². The number of hydrogen-bond donors (Lipinski definition) is 3. The molecular weight excluding hydrogens is 269 g/mol. The minimum Gasteiger partial charge on any atom is -0.379 e. The van der Waals surface area contributed by atoms with Crippen molar-refractivity contribution in [2.24, 2.45) is 16.8 Å². The summed E-state index contributed by atoms with van der Waals surface area (Å²) in [7, 11) is -3.89. The molecule has 0 fully saturated rings. The van der Waals surface area contributed by atoms with E-state index >= 15 is 0 Å². The summed E-state index contributed by atoms with van der Waals surface area (Å²) in [6, 6.07) is 3.47. The number of rotatable bonds is 6. The van der Waals surface area contributed by atoms with Crippen molar-refractivity contribution in [3.63, 3.8) is 0 Å². The van der Waals surface area contributed by atoms with Gasteiger partial charge in [-0.1, -0.05) is 13.8 Å². The second kappa shape index (κ2) is 6.31. The van der Waals surface area contributed by atoms with E-state index < -0.39 is 15.8 Å². The largest absolute Gasteiger partial charge is 0.379 e. The third-order valence-electron chi connectivity index (χ3n) is 2.67. The fraction of sp³-hybridized carbons (Fsp3) is 0.500. The maximum atomic E-state index is 13.8. The minimum absolute atomic E-state index is 0.0603. The van der Waals surface area contributed by atoms with E-state index in [1.807, 2.05) is 13.8 Å². The van der Waals surface area contributed by atoms with Crippen molar-refractivity contribution < 1.29 is 12.8 Å². The smallest absolute Gasteiger partial charge is 0.238 e. The van der Waals surface area contributed by atoms with Gasteiger partial charge in [0.05, 0.1) is 10.6 Å². The third kappa shape index (κ3) is 4.77. The van der Waals surface area contributed by atoms with Gasteiger partial charge >= 0.3 is 0 Å². The van der Waals surface area contributed by atoms with E-state index in [1.54, 1.807) is 0 Å². The SMILES string of the molecule is CC(C)CC(CN)Nc1ccc(S(N)(=O)=O)cc1F. The van der Waals surface area contributed by atoms with Gasteiger partial charge in [0.2, 0.25) is 10.0 Å². The van der Waals surface area contributed by atoms with Crippen LogP contribution in [-0.2, 0) is 10.0 Å². The van der Waals surface area contributed by atoms with Crippen molar-refractivity contribution in [1.82, 2.24) is 0 Å². The van der Waals surface area contributed by atoms with Crippen molar-refractivity contribution in [2.45, 2.75) is 31.2 Å². The Balaban J connectivity index is 2.91. The fourth-order valence-corrected chi connectivity index (χ4v) is 2.32. The molecule has 0 bridgehead atoms. The lowest BCUT2D eigenvalue weighted by Crippen LogP contribution is -2.30. The number of halogens is 1. The highest BCUT2D eigenvalue weighted by atomic mass is 32.2. The van der Waals surface area contributed by atoms with Crippen LogP contribution in [0.3, 0.4) is 0 Å². The van der Waals surface area contributed by atoms with E-state index in [2.05, 4.69) is 5.32 Å². The second-order valence-electron chi connectivity index (χ2n) is 4.89. The van der Waals surface area contributed by atoms with Gasteiger partial charge in [-0.15, -0.1) is 0 Å². The Morgan fingerprint density at radius 1 is 1.37 bits per heavy atom. The average molecular weight is 289 g/mol. The summed E-state index contributed by atoms with van der Waals surface area (Å²) in [4.78, 5) is -0.247. The van der Waals surface area contributed by atoms with Crippen molar-refractivity contribution >= 4 is 15.7 Å². The van der Waals surface area contributed by atoms with Gasteiger partial charge in [0.15, 0.2) is 0 Å². The van der Waals surface area contributed by atoms with E-state index in [4.69, 9.17) is 10.9 Å². The summed E-state index contributed by atoms with van der Waals surface area (Å²) >= 11 is 0. The van der Waals surface area contributed by atoms with E-state index in [9.17, 15) is 12.8 Å². The third-order valence-corrected chi connectivity index (χ3v) is 3.58. The number of nitrogens with one attached hydrogen (secondary N) is 1. The molecule has 5 nitrogen and oxygen atoms in total. The fourth-order valence-electron chi connectivity index (χ4n) is 1.79. The molecule has 1 atom stereocenters. The molecule has 19 heavy (non-hydrogen) atoms. The molecule has 7 heteroatoms. The molecule has 0 amide bonds. The van der Waals surface area contributed by atoms with Gasteiger partial charge in [0, 0.05) is 12.6 Å². The average Bonchev–Trinajstić information content (AvgIpc) is 2.28. The van der Waals surface area contributed by atoms with Crippen LogP contribution >= 0.6 is 0 Å². The summed E-state index contributed by atoms with van der Waals surface area (Å²) < 4.78 is 36.0. The maximum absolute atomic E-state index is 13.8. The van der Waals surface area contributed by atoms with E-state index in [0.717, 1.165) is 12.5 Å². The molecule has 1 aromatic carbocycles. The minimum atomic E-state index is -3.89. The molecule has 1 rings (SSSR count). The number of anilines is 1. The number of nitrogens with two attached hydrogens (primary N) is 2. The van der Waals surface area contributed by atoms with E-state index in [0.29, 0.717) is 12.5 Å². The van der Waals surface area contributed by atoms with Crippen LogP contribution in [-0.4, -0.2) is 21.0 Å². The highest BCUT2D eigenvalue weighted by molar-refractivity contribution is 7.89. The summed E-state index contributed by atoms with van der Waals surface area (Å²) in [6.45, 7) is 4.46. The van der Waals surface area contributed by atoms with Gasteiger partial charge < -0.3 is 11.1 Å². The Morgan fingerprint density at radius 3 is 2.42 bits per heavy atom. The molecule has 0 radical (unpaired) electrons. The zero-order chi connectivity index (χ0) is 14.6. The molecule has 0 aromatic heterocycles. The molecule has 1 aromatic rings. The predicted octanol–water partition coefficient (Wildman–Crippen LogP) is 1.26. The second-order valence-corrected chi connectivity index (χ2v) is 6.45. The lowest BCUT2D eigenvalue weighted by Gasteiger charge is -2.20. The first kappa shape index (κ1) is 15.9. The number of hydrogen-bond acceptors (Lipinski definition) is 4. The van der Waals surface area contributed by atoms with Gasteiger partial charge in [-0.05, 0) is 30.5 Å². The summed E-state index contributed by atoms with van der Waals surface area (Å²) in [6.07, 6.45) is 0.798. The van der Waals surface area contributed by atoms with Crippen LogP contribution in [0, 0.1) is 11.7 Å². The lowest BCUT2D eigenvalue weighted by molar-refractivity contribution is 0.518. The van der Waals surface area contributed by atoms with E-state index in [1.165, 1.54) is 12.1 Å². The van der Waals surface area contributed by atoms with Crippen molar-refractivity contribution in [3.8, 4) is 0 Å². The molecule has 108 valence electrons. The first-order chi connectivity index (χ1) is 8.74. The first-order valence-electron chi connectivity index (χ1n) is 6.03. The molecule has 0 saturated carbocycles. The summed E-state index contributed by atoms with van der Waals surface area (Å²) in [5.41, 5.74) is 5.84. The molecule has 0 spiro atoms. The lowest BCUT2D eigenvalue weighted by atomic mass is 10.0. The Bertz CT molecular complexity index is 532. The summed E-state index contributed by atoms with van der Waals surface area (Å²) in [5, 5.41) is 7.91. The van der Waals surface area contributed by atoms with Crippen LogP contribution < -0.4 is 16.2 Å². The monoisotopic (exact) mass is 289 g/mol. The topological polar surface area (TPSA) is 98.2 Å². The molecule has 0 aliphatic carbocycles. The molecule has 1 unspecified atom stereocenters. The zero-order valence-electron chi connectivity index (χ0n) is 11.1. The van der Waals surface area contributed by atoms with Crippen molar-refractivity contribution in [1.29, 1.82) is 0 Å². The Labute approximate surface area is 113 Å². The van der Waals surface area contributed by atoms with Crippen LogP contribution in [0.4, 0.5) is 10.1 Å². The predicted molar refractivity (Wildman–Crippen MR) is 73.7 cm³/mol. The van der Waals surface area contributed by atoms with Crippen LogP contribution in [0.25, 0.3) is 0 Å². The number of sulfonamides is 1. The van der Waals surface area contributed by atoms with Gasteiger partial charge in [-0.25, -0.2) is 17.9 Å². The quantitative estimate of drug-likeness (QED) is 0.734. The van der Waals surface area contributed by atoms with Crippen LogP contribution in [0.5, 0.6) is 0 Å². The zero-order valence-corrected chi connectivity index (χ0v) is 11.9.